The number of nitrogens with one attached hydrogen (secondary N) is 1. The second-order valence-corrected chi connectivity index (χ2v) is 8.59. The molecule has 2 aromatic carbocycles. The molecular weight excluding hydrogens is 368 g/mol. The standard InChI is InChI=1S/C23H28N2O2S/c1-17-13-18(2)15-20(14-17)23(27)25-11-6-7-19(16-25)22(26)24-10-12-28-21-8-4-3-5-9-21/h3-5,8-9,13-15,19H,6-7,10-12,16H2,1-2H3,(H,24,26). The van der Waals surface area contributed by atoms with Gasteiger partial charge in [0.25, 0.3) is 5.91 Å². The summed E-state index contributed by atoms with van der Waals surface area (Å²) in [6.45, 7) is 5.87. The van der Waals surface area contributed by atoms with E-state index in [0.717, 1.165) is 41.8 Å². The van der Waals surface area contributed by atoms with Crippen LogP contribution in [0.5, 0.6) is 0 Å². The molecular formula is C23H28N2O2S. The number of piperidine rings is 1. The minimum Gasteiger partial charge on any atom is -0.355 e. The molecule has 1 aliphatic rings. The third-order valence-corrected chi connectivity index (χ3v) is 5.98. The second-order valence-electron chi connectivity index (χ2n) is 7.42. The van der Waals surface area contributed by atoms with Gasteiger partial charge in [0, 0.05) is 35.8 Å². The second kappa shape index (κ2) is 9.78. The fourth-order valence-corrected chi connectivity index (χ4v) is 4.45. The van der Waals surface area contributed by atoms with Crippen LogP contribution in [-0.4, -0.2) is 42.1 Å². The van der Waals surface area contributed by atoms with Gasteiger partial charge in [0.05, 0.1) is 5.92 Å². The molecule has 0 radical (unpaired) electrons. The van der Waals surface area contributed by atoms with Crippen LogP contribution in [0.3, 0.4) is 0 Å². The van der Waals surface area contributed by atoms with Crippen molar-refractivity contribution in [1.82, 2.24) is 10.2 Å². The molecule has 4 nitrogen and oxygen atoms in total. The summed E-state index contributed by atoms with van der Waals surface area (Å²) in [7, 11) is 0. The lowest BCUT2D eigenvalue weighted by atomic mass is 9.96. The summed E-state index contributed by atoms with van der Waals surface area (Å²) < 4.78 is 0. The SMILES string of the molecule is Cc1cc(C)cc(C(=O)N2CCCC(C(=O)NCCSc3ccccc3)C2)c1. The molecule has 3 rings (SSSR count). The fourth-order valence-electron chi connectivity index (χ4n) is 3.66. The Balaban J connectivity index is 1.49. The summed E-state index contributed by atoms with van der Waals surface area (Å²) in [6, 6.07) is 16.1. The number of aryl methyl sites for hydroxylation is 2. The van der Waals surface area contributed by atoms with Gasteiger partial charge in [-0.2, -0.15) is 0 Å². The van der Waals surface area contributed by atoms with E-state index in [9.17, 15) is 9.59 Å². The number of hydrogen-bond donors (Lipinski definition) is 1. The van der Waals surface area contributed by atoms with Crippen molar-refractivity contribution in [3.8, 4) is 0 Å². The Bertz CT molecular complexity index is 802. The lowest BCUT2D eigenvalue weighted by Gasteiger charge is -2.32. The summed E-state index contributed by atoms with van der Waals surface area (Å²) in [5.41, 5.74) is 2.90. The van der Waals surface area contributed by atoms with E-state index in [2.05, 4.69) is 23.5 Å². The number of rotatable bonds is 6. The summed E-state index contributed by atoms with van der Waals surface area (Å²) >= 11 is 1.74. The number of carbonyl (C=O) groups excluding carboxylic acids is 2. The molecule has 0 spiro atoms. The molecule has 1 aliphatic heterocycles. The van der Waals surface area contributed by atoms with Crippen LogP contribution in [0.2, 0.25) is 0 Å². The van der Waals surface area contributed by atoms with E-state index in [1.54, 1.807) is 11.8 Å². The molecule has 0 saturated carbocycles. The van der Waals surface area contributed by atoms with Gasteiger partial charge in [-0.15, -0.1) is 11.8 Å². The zero-order chi connectivity index (χ0) is 19.9. The van der Waals surface area contributed by atoms with E-state index < -0.39 is 0 Å². The zero-order valence-electron chi connectivity index (χ0n) is 16.6. The molecule has 0 bridgehead atoms. The van der Waals surface area contributed by atoms with Crippen LogP contribution in [0, 0.1) is 19.8 Å². The number of thioether (sulfide) groups is 1. The van der Waals surface area contributed by atoms with Crippen molar-refractivity contribution >= 4 is 23.6 Å². The average Bonchev–Trinajstić information content (AvgIpc) is 2.70. The average molecular weight is 397 g/mol. The van der Waals surface area contributed by atoms with Crippen molar-refractivity contribution in [2.75, 3.05) is 25.4 Å². The molecule has 1 N–H and O–H groups in total. The van der Waals surface area contributed by atoms with Crippen LogP contribution in [0.15, 0.2) is 53.4 Å². The maximum Gasteiger partial charge on any atom is 0.253 e. The van der Waals surface area contributed by atoms with Gasteiger partial charge in [0.1, 0.15) is 0 Å². The van der Waals surface area contributed by atoms with E-state index in [1.807, 2.05) is 49.1 Å². The first-order valence-corrected chi connectivity index (χ1v) is 10.8. The van der Waals surface area contributed by atoms with Crippen LogP contribution in [0.4, 0.5) is 0 Å². The van der Waals surface area contributed by atoms with Crippen LogP contribution in [-0.2, 0) is 4.79 Å². The number of benzene rings is 2. The van der Waals surface area contributed by atoms with Crippen LogP contribution >= 0.6 is 11.8 Å². The van der Waals surface area contributed by atoms with Gasteiger partial charge in [0.15, 0.2) is 0 Å². The molecule has 28 heavy (non-hydrogen) atoms. The van der Waals surface area contributed by atoms with Crippen LogP contribution in [0.25, 0.3) is 0 Å². The molecule has 148 valence electrons. The molecule has 1 fully saturated rings. The third kappa shape index (κ3) is 5.61. The number of carbonyl (C=O) groups is 2. The van der Waals surface area contributed by atoms with Crippen molar-refractivity contribution < 1.29 is 9.59 Å². The van der Waals surface area contributed by atoms with Gasteiger partial charge >= 0.3 is 0 Å². The van der Waals surface area contributed by atoms with Crippen molar-refractivity contribution in [2.24, 2.45) is 5.92 Å². The lowest BCUT2D eigenvalue weighted by molar-refractivity contribution is -0.126. The zero-order valence-corrected chi connectivity index (χ0v) is 17.4. The Hall–Kier alpha value is -2.27. The highest BCUT2D eigenvalue weighted by molar-refractivity contribution is 7.99. The van der Waals surface area contributed by atoms with Crippen molar-refractivity contribution in [3.63, 3.8) is 0 Å². The first-order valence-electron chi connectivity index (χ1n) is 9.86. The number of likely N-dealkylation sites (tertiary alicyclic amines) is 1. The Morgan fingerprint density at radius 2 is 1.82 bits per heavy atom. The Morgan fingerprint density at radius 3 is 2.54 bits per heavy atom. The Morgan fingerprint density at radius 1 is 1.11 bits per heavy atom. The predicted octanol–water partition coefficient (Wildman–Crippen LogP) is 4.06. The summed E-state index contributed by atoms with van der Waals surface area (Å²) in [5.74, 6) is 0.814. The third-order valence-electron chi connectivity index (χ3n) is 4.96. The first kappa shape index (κ1) is 20.5. The van der Waals surface area contributed by atoms with Gasteiger partial charge in [-0.3, -0.25) is 9.59 Å². The highest BCUT2D eigenvalue weighted by atomic mass is 32.2. The summed E-state index contributed by atoms with van der Waals surface area (Å²) in [4.78, 5) is 28.5. The quantitative estimate of drug-likeness (QED) is 0.592. The molecule has 0 aromatic heterocycles. The van der Waals surface area contributed by atoms with Crippen molar-refractivity contribution in [2.45, 2.75) is 31.6 Å². The van der Waals surface area contributed by atoms with E-state index in [-0.39, 0.29) is 17.7 Å². The number of amides is 2. The smallest absolute Gasteiger partial charge is 0.253 e. The Labute approximate surface area is 171 Å². The van der Waals surface area contributed by atoms with Gasteiger partial charge in [0.2, 0.25) is 5.91 Å². The van der Waals surface area contributed by atoms with E-state index >= 15 is 0 Å². The topological polar surface area (TPSA) is 49.4 Å². The molecule has 1 heterocycles. The van der Waals surface area contributed by atoms with E-state index in [1.165, 1.54) is 4.90 Å². The minimum absolute atomic E-state index is 0.0314. The molecule has 2 aromatic rings. The summed E-state index contributed by atoms with van der Waals surface area (Å²) in [5, 5.41) is 3.04. The van der Waals surface area contributed by atoms with Crippen LogP contribution < -0.4 is 5.32 Å². The van der Waals surface area contributed by atoms with E-state index in [4.69, 9.17) is 0 Å². The Kier molecular flexibility index (Phi) is 7.15. The predicted molar refractivity (Wildman–Crippen MR) is 115 cm³/mol. The normalized spacial score (nSPS) is 16.6. The fraction of sp³-hybridized carbons (Fsp3) is 0.391. The van der Waals surface area contributed by atoms with Gasteiger partial charge in [-0.25, -0.2) is 0 Å². The van der Waals surface area contributed by atoms with Gasteiger partial charge < -0.3 is 10.2 Å². The highest BCUT2D eigenvalue weighted by Crippen LogP contribution is 2.20. The van der Waals surface area contributed by atoms with Crippen molar-refractivity contribution in [3.05, 3.63) is 65.2 Å². The maximum atomic E-state index is 12.9. The lowest BCUT2D eigenvalue weighted by Crippen LogP contribution is -2.45. The van der Waals surface area contributed by atoms with Crippen LogP contribution in [0.1, 0.15) is 34.3 Å². The van der Waals surface area contributed by atoms with Gasteiger partial charge in [-0.05, 0) is 51.0 Å². The molecule has 1 unspecified atom stereocenters. The largest absolute Gasteiger partial charge is 0.355 e. The van der Waals surface area contributed by atoms with Crippen molar-refractivity contribution in [1.29, 1.82) is 0 Å². The molecule has 5 heteroatoms. The molecule has 2 amide bonds. The highest BCUT2D eigenvalue weighted by Gasteiger charge is 2.28. The number of nitrogens with zero attached hydrogens (tertiary/aromatic N) is 1. The number of hydrogen-bond acceptors (Lipinski definition) is 3. The maximum absolute atomic E-state index is 12.9. The summed E-state index contributed by atoms with van der Waals surface area (Å²) in [6.07, 6.45) is 1.71. The molecule has 0 aliphatic carbocycles. The minimum atomic E-state index is -0.120. The van der Waals surface area contributed by atoms with Gasteiger partial charge in [-0.1, -0.05) is 35.4 Å². The first-order chi connectivity index (χ1) is 13.5. The molecule has 1 atom stereocenters. The molecule has 1 saturated heterocycles. The van der Waals surface area contributed by atoms with E-state index in [0.29, 0.717) is 13.1 Å². The monoisotopic (exact) mass is 396 g/mol.